The molecular weight excluding hydrogens is 264 g/mol. The van der Waals surface area contributed by atoms with E-state index in [-0.39, 0.29) is 13.2 Å². The fourth-order valence-corrected chi connectivity index (χ4v) is 2.01. The lowest BCUT2D eigenvalue weighted by molar-refractivity contribution is 0.186. The van der Waals surface area contributed by atoms with E-state index >= 15 is 0 Å². The molecule has 1 aromatic rings. The number of unbranched alkanes of at least 4 members (excludes halogenated alkanes) is 5. The van der Waals surface area contributed by atoms with Crippen molar-refractivity contribution in [2.75, 3.05) is 13.2 Å². The number of aryl methyl sites for hydroxylation is 1. The second kappa shape index (κ2) is 15.1. The SMILES string of the molecule is C=COc1ccccc1CCCCCCCC.OCCO. The van der Waals surface area contributed by atoms with Gasteiger partial charge >= 0.3 is 0 Å². The third-order valence-electron chi connectivity index (χ3n) is 3.08. The summed E-state index contributed by atoms with van der Waals surface area (Å²) in [6, 6.07) is 8.23. The topological polar surface area (TPSA) is 49.7 Å². The van der Waals surface area contributed by atoms with Crippen LogP contribution >= 0.6 is 0 Å². The molecule has 3 heteroatoms. The minimum atomic E-state index is -0.125. The van der Waals surface area contributed by atoms with Crippen molar-refractivity contribution in [2.24, 2.45) is 0 Å². The zero-order valence-electron chi connectivity index (χ0n) is 13.3. The Hall–Kier alpha value is -1.32. The van der Waals surface area contributed by atoms with Gasteiger partial charge in [0.1, 0.15) is 5.75 Å². The molecule has 0 aliphatic carbocycles. The summed E-state index contributed by atoms with van der Waals surface area (Å²) < 4.78 is 5.40. The Bertz CT molecular complexity index is 348. The van der Waals surface area contributed by atoms with Crippen LogP contribution in [0, 0.1) is 0 Å². The Morgan fingerprint density at radius 2 is 1.62 bits per heavy atom. The van der Waals surface area contributed by atoms with Crippen molar-refractivity contribution in [1.29, 1.82) is 0 Å². The van der Waals surface area contributed by atoms with Gasteiger partial charge in [0.2, 0.25) is 0 Å². The lowest BCUT2D eigenvalue weighted by Crippen LogP contribution is -1.91. The fraction of sp³-hybridized carbons (Fsp3) is 0.556. The van der Waals surface area contributed by atoms with Gasteiger partial charge in [0.25, 0.3) is 0 Å². The van der Waals surface area contributed by atoms with Crippen LogP contribution in [0.15, 0.2) is 37.1 Å². The van der Waals surface area contributed by atoms with Crippen LogP contribution in [0.2, 0.25) is 0 Å². The largest absolute Gasteiger partial charge is 0.465 e. The molecule has 1 rings (SSSR count). The van der Waals surface area contributed by atoms with Crippen LogP contribution in [-0.2, 0) is 6.42 Å². The average molecular weight is 294 g/mol. The minimum Gasteiger partial charge on any atom is -0.465 e. The Morgan fingerprint density at radius 3 is 2.24 bits per heavy atom. The molecular formula is C18H30O3. The monoisotopic (exact) mass is 294 g/mol. The summed E-state index contributed by atoms with van der Waals surface area (Å²) in [6.45, 7) is 5.61. The second-order valence-electron chi connectivity index (χ2n) is 4.86. The first-order valence-electron chi connectivity index (χ1n) is 7.87. The van der Waals surface area contributed by atoms with Gasteiger partial charge in [-0.1, -0.05) is 63.8 Å². The van der Waals surface area contributed by atoms with Crippen molar-refractivity contribution < 1.29 is 14.9 Å². The summed E-state index contributed by atoms with van der Waals surface area (Å²) in [6.07, 6.45) is 10.6. The normalized spacial score (nSPS) is 9.67. The van der Waals surface area contributed by atoms with Crippen LogP contribution < -0.4 is 4.74 Å². The number of hydrogen-bond acceptors (Lipinski definition) is 3. The highest BCUT2D eigenvalue weighted by atomic mass is 16.5. The van der Waals surface area contributed by atoms with Crippen LogP contribution in [0.4, 0.5) is 0 Å². The Morgan fingerprint density at radius 1 is 1.00 bits per heavy atom. The van der Waals surface area contributed by atoms with Crippen LogP contribution in [0.5, 0.6) is 5.75 Å². The first-order chi connectivity index (χ1) is 10.3. The van der Waals surface area contributed by atoms with Crippen molar-refractivity contribution in [3.63, 3.8) is 0 Å². The van der Waals surface area contributed by atoms with Gasteiger partial charge in [-0.2, -0.15) is 0 Å². The van der Waals surface area contributed by atoms with Crippen molar-refractivity contribution >= 4 is 0 Å². The van der Waals surface area contributed by atoms with Crippen LogP contribution in [-0.4, -0.2) is 23.4 Å². The van der Waals surface area contributed by atoms with E-state index < -0.39 is 0 Å². The molecule has 1 aromatic carbocycles. The highest BCUT2D eigenvalue weighted by molar-refractivity contribution is 5.33. The third kappa shape index (κ3) is 11.1. The highest BCUT2D eigenvalue weighted by Crippen LogP contribution is 2.20. The van der Waals surface area contributed by atoms with E-state index in [4.69, 9.17) is 14.9 Å². The molecule has 0 fully saturated rings. The molecule has 0 atom stereocenters. The summed E-state index contributed by atoms with van der Waals surface area (Å²) in [5, 5.41) is 15.2. The van der Waals surface area contributed by atoms with Crippen molar-refractivity contribution in [2.45, 2.75) is 51.9 Å². The smallest absolute Gasteiger partial charge is 0.129 e. The van der Waals surface area contributed by atoms with E-state index in [9.17, 15) is 0 Å². The molecule has 120 valence electrons. The number of aliphatic hydroxyl groups is 2. The molecule has 0 unspecified atom stereocenters. The minimum absolute atomic E-state index is 0.125. The van der Waals surface area contributed by atoms with Crippen molar-refractivity contribution in [3.05, 3.63) is 42.7 Å². The maximum absolute atomic E-state index is 7.62. The fourth-order valence-electron chi connectivity index (χ4n) is 2.01. The lowest BCUT2D eigenvalue weighted by atomic mass is 10.0. The van der Waals surface area contributed by atoms with Crippen molar-refractivity contribution in [1.82, 2.24) is 0 Å². The summed E-state index contributed by atoms with van der Waals surface area (Å²) in [5.41, 5.74) is 1.29. The molecule has 0 aromatic heterocycles. The lowest BCUT2D eigenvalue weighted by Gasteiger charge is -2.07. The van der Waals surface area contributed by atoms with Gasteiger partial charge in [-0.25, -0.2) is 0 Å². The quantitative estimate of drug-likeness (QED) is 0.505. The van der Waals surface area contributed by atoms with Gasteiger partial charge in [-0.15, -0.1) is 0 Å². The zero-order valence-corrected chi connectivity index (χ0v) is 13.3. The third-order valence-corrected chi connectivity index (χ3v) is 3.08. The first kappa shape index (κ1) is 19.7. The van der Waals surface area contributed by atoms with E-state index in [0.29, 0.717) is 0 Å². The molecule has 3 nitrogen and oxygen atoms in total. The van der Waals surface area contributed by atoms with E-state index in [1.807, 2.05) is 12.1 Å². The number of rotatable bonds is 10. The molecule has 21 heavy (non-hydrogen) atoms. The molecule has 0 heterocycles. The molecule has 0 radical (unpaired) electrons. The van der Waals surface area contributed by atoms with E-state index in [1.165, 1.54) is 50.4 Å². The molecule has 2 N–H and O–H groups in total. The molecule has 0 spiro atoms. The molecule has 0 aliphatic heterocycles. The second-order valence-corrected chi connectivity index (χ2v) is 4.86. The van der Waals surface area contributed by atoms with Gasteiger partial charge in [0, 0.05) is 0 Å². The van der Waals surface area contributed by atoms with E-state index in [0.717, 1.165) is 12.2 Å². The van der Waals surface area contributed by atoms with Crippen LogP contribution in [0.25, 0.3) is 0 Å². The van der Waals surface area contributed by atoms with Gasteiger partial charge < -0.3 is 14.9 Å². The number of ether oxygens (including phenoxy) is 1. The van der Waals surface area contributed by atoms with Gasteiger partial charge in [0.05, 0.1) is 19.5 Å². The van der Waals surface area contributed by atoms with Gasteiger partial charge in [-0.3, -0.25) is 0 Å². The molecule has 0 aliphatic rings. The zero-order chi connectivity index (χ0) is 15.8. The summed E-state index contributed by atoms with van der Waals surface area (Å²) in [5.74, 6) is 0.955. The van der Waals surface area contributed by atoms with Crippen LogP contribution in [0.3, 0.4) is 0 Å². The van der Waals surface area contributed by atoms with Crippen LogP contribution in [0.1, 0.15) is 51.0 Å². The predicted octanol–water partition coefficient (Wildman–Crippen LogP) is 4.08. The standard InChI is InChI=1S/C16H24O.C2H6O2/c1-3-5-6-7-8-9-12-15-13-10-11-14-16(15)17-4-2;3-1-2-4/h4,10-11,13-14H,2-3,5-9,12H2,1H3;3-4H,1-2H2. The van der Waals surface area contributed by atoms with Gasteiger partial charge in [-0.05, 0) is 24.5 Å². The Kier molecular flexibility index (Phi) is 14.1. The summed E-state index contributed by atoms with van der Waals surface area (Å²) >= 11 is 0. The first-order valence-corrected chi connectivity index (χ1v) is 7.87. The maximum atomic E-state index is 7.62. The highest BCUT2D eigenvalue weighted by Gasteiger charge is 2.01. The predicted molar refractivity (Wildman–Crippen MR) is 88.5 cm³/mol. The molecule has 0 saturated carbocycles. The number of aliphatic hydroxyl groups excluding tert-OH is 2. The number of para-hydroxylation sites is 1. The average Bonchev–Trinajstić information content (AvgIpc) is 2.53. The molecule has 0 bridgehead atoms. The molecule has 0 amide bonds. The summed E-state index contributed by atoms with van der Waals surface area (Å²) in [7, 11) is 0. The van der Waals surface area contributed by atoms with E-state index in [2.05, 4.69) is 25.6 Å². The van der Waals surface area contributed by atoms with Crippen molar-refractivity contribution in [3.8, 4) is 5.75 Å². The Balaban J connectivity index is 0.000000885. The summed E-state index contributed by atoms with van der Waals surface area (Å²) in [4.78, 5) is 0. The Labute approximate surface area is 129 Å². The number of benzene rings is 1. The van der Waals surface area contributed by atoms with E-state index in [1.54, 1.807) is 0 Å². The maximum Gasteiger partial charge on any atom is 0.129 e. The number of hydrogen-bond donors (Lipinski definition) is 2. The van der Waals surface area contributed by atoms with Gasteiger partial charge in [0.15, 0.2) is 0 Å². The molecule has 0 saturated heterocycles.